The van der Waals surface area contributed by atoms with Gasteiger partial charge in [0.05, 0.1) is 0 Å². The van der Waals surface area contributed by atoms with Gasteiger partial charge in [0, 0.05) is 16.9 Å². The van der Waals surface area contributed by atoms with Crippen LogP contribution in [0.25, 0.3) is 0 Å². The Morgan fingerprint density at radius 2 is 2.10 bits per heavy atom. The Balaban J connectivity index is 1.58. The molecule has 1 aromatic carbocycles. The first-order chi connectivity index (χ1) is 9.70. The first-order valence-corrected chi connectivity index (χ1v) is 8.69. The Bertz CT molecular complexity index is 556. The fourth-order valence-electron chi connectivity index (χ4n) is 4.47. The molecular formula is C17H20BrNO. The van der Waals surface area contributed by atoms with E-state index in [1.165, 1.54) is 36.8 Å². The highest BCUT2D eigenvalue weighted by molar-refractivity contribution is 9.09. The van der Waals surface area contributed by atoms with Crippen LogP contribution < -0.4 is 5.32 Å². The number of hydrogen-bond donors (Lipinski definition) is 1. The quantitative estimate of drug-likeness (QED) is 0.796. The molecule has 0 aromatic heterocycles. The smallest absolute Gasteiger partial charge is 0.224 e. The highest BCUT2D eigenvalue weighted by atomic mass is 79.9. The van der Waals surface area contributed by atoms with Gasteiger partial charge in [-0.1, -0.05) is 34.5 Å². The van der Waals surface area contributed by atoms with Gasteiger partial charge in [-0.3, -0.25) is 4.79 Å². The van der Waals surface area contributed by atoms with Crippen LogP contribution in [0.5, 0.6) is 0 Å². The SMILES string of the molecule is O=C1CCc2cc(C(Br)C3CC4CCC3C4)ccc2N1. The van der Waals surface area contributed by atoms with Gasteiger partial charge < -0.3 is 5.32 Å². The summed E-state index contributed by atoms with van der Waals surface area (Å²) in [6, 6.07) is 6.58. The van der Waals surface area contributed by atoms with E-state index in [1.807, 2.05) is 0 Å². The van der Waals surface area contributed by atoms with Crippen molar-refractivity contribution in [3.8, 4) is 0 Å². The van der Waals surface area contributed by atoms with Gasteiger partial charge in [0.15, 0.2) is 0 Å². The summed E-state index contributed by atoms with van der Waals surface area (Å²) in [7, 11) is 0. The maximum Gasteiger partial charge on any atom is 0.224 e. The molecule has 4 rings (SSSR count). The third-order valence-electron chi connectivity index (χ3n) is 5.51. The number of carbonyl (C=O) groups is 1. The van der Waals surface area contributed by atoms with E-state index in [4.69, 9.17) is 0 Å². The van der Waals surface area contributed by atoms with Crippen molar-refractivity contribution in [2.24, 2.45) is 17.8 Å². The van der Waals surface area contributed by atoms with E-state index < -0.39 is 0 Å². The predicted molar refractivity (Wildman–Crippen MR) is 84.0 cm³/mol. The van der Waals surface area contributed by atoms with E-state index in [0.717, 1.165) is 29.9 Å². The number of carbonyl (C=O) groups excluding carboxylic acids is 1. The van der Waals surface area contributed by atoms with Gasteiger partial charge in [0.2, 0.25) is 5.91 Å². The van der Waals surface area contributed by atoms with Crippen molar-refractivity contribution in [3.63, 3.8) is 0 Å². The number of halogens is 1. The van der Waals surface area contributed by atoms with Crippen LogP contribution in [-0.4, -0.2) is 5.91 Å². The molecule has 3 heteroatoms. The summed E-state index contributed by atoms with van der Waals surface area (Å²) in [6.45, 7) is 0. The minimum atomic E-state index is 0.147. The molecule has 2 aliphatic carbocycles. The number of rotatable bonds is 2. The standard InChI is InChI=1S/C17H20BrNO/c18-17(14-8-10-1-2-11(14)7-10)13-3-5-15-12(9-13)4-6-16(20)19-15/h3,5,9-11,14,17H,1-2,4,6-8H2,(H,19,20). The summed E-state index contributed by atoms with van der Waals surface area (Å²) >= 11 is 3.97. The van der Waals surface area contributed by atoms with Crippen LogP contribution in [0.1, 0.15) is 48.1 Å². The predicted octanol–water partition coefficient (Wildman–Crippen LogP) is 4.44. The number of hydrogen-bond acceptors (Lipinski definition) is 1. The lowest BCUT2D eigenvalue weighted by Crippen LogP contribution is -2.20. The first-order valence-electron chi connectivity index (χ1n) is 7.77. The van der Waals surface area contributed by atoms with Crippen molar-refractivity contribution in [1.29, 1.82) is 0 Å². The Labute approximate surface area is 128 Å². The molecule has 2 bridgehead atoms. The van der Waals surface area contributed by atoms with E-state index in [9.17, 15) is 4.79 Å². The molecule has 2 saturated carbocycles. The number of aryl methyl sites for hydroxylation is 1. The number of nitrogens with one attached hydrogen (secondary N) is 1. The molecule has 4 atom stereocenters. The lowest BCUT2D eigenvalue weighted by Gasteiger charge is -2.28. The van der Waals surface area contributed by atoms with Crippen LogP contribution >= 0.6 is 15.9 Å². The van der Waals surface area contributed by atoms with Gasteiger partial charge in [0.25, 0.3) is 0 Å². The number of fused-ring (bicyclic) bond motifs is 3. The molecule has 2 fully saturated rings. The average Bonchev–Trinajstić information content (AvgIpc) is 3.08. The maximum absolute atomic E-state index is 11.4. The zero-order chi connectivity index (χ0) is 13.7. The van der Waals surface area contributed by atoms with E-state index in [-0.39, 0.29) is 5.91 Å². The van der Waals surface area contributed by atoms with Crippen molar-refractivity contribution in [3.05, 3.63) is 29.3 Å². The third-order valence-corrected chi connectivity index (χ3v) is 6.72. The van der Waals surface area contributed by atoms with Crippen molar-refractivity contribution in [2.45, 2.75) is 43.4 Å². The highest BCUT2D eigenvalue weighted by Crippen LogP contribution is 2.55. The van der Waals surface area contributed by atoms with Crippen LogP contribution in [0, 0.1) is 17.8 Å². The molecule has 20 heavy (non-hydrogen) atoms. The minimum absolute atomic E-state index is 0.147. The molecule has 0 saturated heterocycles. The zero-order valence-corrected chi connectivity index (χ0v) is 13.2. The van der Waals surface area contributed by atoms with Gasteiger partial charge in [-0.05, 0) is 60.6 Å². The van der Waals surface area contributed by atoms with Crippen molar-refractivity contribution < 1.29 is 4.79 Å². The summed E-state index contributed by atoms with van der Waals surface area (Å²) in [4.78, 5) is 11.9. The normalized spacial score (nSPS) is 32.9. The Morgan fingerprint density at radius 3 is 2.85 bits per heavy atom. The summed E-state index contributed by atoms with van der Waals surface area (Å²) in [5.74, 6) is 2.88. The van der Waals surface area contributed by atoms with Crippen LogP contribution in [0.2, 0.25) is 0 Å². The summed E-state index contributed by atoms with van der Waals surface area (Å²) in [5.41, 5.74) is 3.71. The van der Waals surface area contributed by atoms with Gasteiger partial charge in [-0.15, -0.1) is 0 Å². The second-order valence-corrected chi connectivity index (χ2v) is 7.69. The summed E-state index contributed by atoms with van der Waals surface area (Å²) in [5, 5.41) is 2.97. The summed E-state index contributed by atoms with van der Waals surface area (Å²) in [6.07, 6.45) is 7.24. The van der Waals surface area contributed by atoms with E-state index >= 15 is 0 Å². The van der Waals surface area contributed by atoms with Crippen molar-refractivity contribution >= 4 is 27.5 Å². The second-order valence-electron chi connectivity index (χ2n) is 6.71. The first kappa shape index (κ1) is 12.9. The average molecular weight is 334 g/mol. The fraction of sp³-hybridized carbons (Fsp3) is 0.588. The maximum atomic E-state index is 11.4. The van der Waals surface area contributed by atoms with Gasteiger partial charge >= 0.3 is 0 Å². The van der Waals surface area contributed by atoms with Gasteiger partial charge in [-0.25, -0.2) is 0 Å². The Morgan fingerprint density at radius 1 is 1.20 bits per heavy atom. The van der Waals surface area contributed by atoms with Crippen LogP contribution in [-0.2, 0) is 11.2 Å². The van der Waals surface area contributed by atoms with E-state index in [2.05, 4.69) is 39.4 Å². The monoisotopic (exact) mass is 333 g/mol. The Kier molecular flexibility index (Phi) is 3.13. The Hall–Kier alpha value is -0.830. The van der Waals surface area contributed by atoms with E-state index in [1.54, 1.807) is 0 Å². The molecule has 1 heterocycles. The second kappa shape index (κ2) is 4.87. The van der Waals surface area contributed by atoms with Crippen LogP contribution in [0.3, 0.4) is 0 Å². The largest absolute Gasteiger partial charge is 0.326 e. The summed E-state index contributed by atoms with van der Waals surface area (Å²) < 4.78 is 0. The molecule has 0 radical (unpaired) electrons. The van der Waals surface area contributed by atoms with Gasteiger partial charge in [0.1, 0.15) is 0 Å². The lowest BCUT2D eigenvalue weighted by molar-refractivity contribution is -0.116. The molecular weight excluding hydrogens is 314 g/mol. The molecule has 1 N–H and O–H groups in total. The van der Waals surface area contributed by atoms with E-state index in [0.29, 0.717) is 11.2 Å². The van der Waals surface area contributed by atoms with Crippen molar-refractivity contribution in [1.82, 2.24) is 0 Å². The molecule has 3 aliphatic rings. The molecule has 1 aromatic rings. The number of anilines is 1. The number of alkyl halides is 1. The third kappa shape index (κ3) is 2.11. The molecule has 2 nitrogen and oxygen atoms in total. The van der Waals surface area contributed by atoms with Gasteiger partial charge in [-0.2, -0.15) is 0 Å². The lowest BCUT2D eigenvalue weighted by atomic mass is 9.83. The zero-order valence-electron chi connectivity index (χ0n) is 11.6. The molecule has 1 amide bonds. The molecule has 4 unspecified atom stereocenters. The minimum Gasteiger partial charge on any atom is -0.326 e. The number of amides is 1. The molecule has 0 spiro atoms. The van der Waals surface area contributed by atoms with Crippen LogP contribution in [0.15, 0.2) is 18.2 Å². The fourth-order valence-corrected chi connectivity index (χ4v) is 5.41. The topological polar surface area (TPSA) is 29.1 Å². The van der Waals surface area contributed by atoms with Crippen molar-refractivity contribution in [2.75, 3.05) is 5.32 Å². The molecule has 1 aliphatic heterocycles. The molecule has 106 valence electrons. The highest BCUT2D eigenvalue weighted by Gasteiger charge is 2.42. The van der Waals surface area contributed by atoms with Crippen LogP contribution in [0.4, 0.5) is 5.69 Å². The number of benzene rings is 1.